The Morgan fingerprint density at radius 3 is 0.429 bits per heavy atom. The fourth-order valence-corrected chi connectivity index (χ4v) is 0. The molecule has 0 aliphatic heterocycles. The Morgan fingerprint density at radius 2 is 0.429 bits per heavy atom. The van der Waals surface area contributed by atoms with Crippen molar-refractivity contribution in [2.75, 3.05) is 0 Å². The largest absolute Gasteiger partial charge is 3.00 e. The second-order valence-electron chi connectivity index (χ2n) is 0. The normalized spacial score (nSPS) is 0. The van der Waals surface area contributed by atoms with Gasteiger partial charge in [0.2, 0.25) is 0 Å². The van der Waals surface area contributed by atoms with Crippen LogP contribution in [-0.4, -0.2) is 11.0 Å². The smallest absolute Gasteiger partial charge is 0.693 e. The zero-order valence-corrected chi connectivity index (χ0v) is 4.68. The first-order chi connectivity index (χ1) is 0. The van der Waals surface area contributed by atoms with Gasteiger partial charge in [0.05, 0.1) is 0 Å². The first-order valence-corrected chi connectivity index (χ1v) is 0. The maximum absolute atomic E-state index is 0. The first kappa shape index (κ1) is 4020. The number of rotatable bonds is 0. The molecule has 0 saturated carbocycles. The van der Waals surface area contributed by atoms with Crippen LogP contribution in [0.3, 0.4) is 0 Å². The van der Waals surface area contributed by atoms with E-state index in [1.165, 1.54) is 0 Å². The van der Waals surface area contributed by atoms with Crippen LogP contribution >= 0.6 is 0 Å². The van der Waals surface area contributed by atoms with E-state index in [0.29, 0.717) is 0 Å². The predicted molar refractivity (Wildman–Crippen MR) is 28.4 cm³/mol. The summed E-state index contributed by atoms with van der Waals surface area (Å²) in [7, 11) is 0. The van der Waals surface area contributed by atoms with Gasteiger partial charge in [0.15, 0.2) is 0 Å². The summed E-state index contributed by atoms with van der Waals surface area (Å²) in [6.07, 6.45) is 0. The molecule has 0 heterocycles. The van der Waals surface area contributed by atoms with E-state index in [1.54, 1.807) is 0 Å². The average molecular weight is 159 g/mol. The zero-order chi connectivity index (χ0) is 0. The third kappa shape index (κ3) is 1610. The van der Waals surface area contributed by atoms with Gasteiger partial charge in [0.1, 0.15) is 0 Å². The third-order valence-electron chi connectivity index (χ3n) is 0. The average Bonchev–Trinajstić information content (AvgIpc) is 0. The number of hydrogen-bond acceptors (Lipinski definition) is 0. The summed E-state index contributed by atoms with van der Waals surface area (Å²) < 4.78 is 0. The van der Waals surface area contributed by atoms with Gasteiger partial charge < -0.3 is 35.6 Å². The van der Waals surface area contributed by atoms with Gasteiger partial charge in [0.25, 0.3) is 0 Å². The molecule has 7 heteroatoms. The van der Waals surface area contributed by atoms with Gasteiger partial charge in [-0.3, -0.25) is 0 Å². The molecular formula is H12CoN4O2-. The molecule has 7 heavy (non-hydrogen) atoms. The van der Waals surface area contributed by atoms with Crippen molar-refractivity contribution in [1.82, 2.24) is 0 Å². The number of nitrogens with two attached hydrogens (primary N) is 4. The van der Waals surface area contributed by atoms with Gasteiger partial charge in [-0.2, -0.15) is 0 Å². The Balaban J connectivity index is 0. The van der Waals surface area contributed by atoms with E-state index in [9.17, 15) is 0 Å². The standard InChI is InChI=1S/Co.4H2N.2H2O/h;6*1H2/q+3;4*-1;;. The predicted octanol–water partition coefficient (Wildman–Crippen LogP) is 1.22. The van der Waals surface area contributed by atoms with Crippen LogP contribution in [0, 0.1) is 0 Å². The summed E-state index contributed by atoms with van der Waals surface area (Å²) in [4.78, 5) is 0. The van der Waals surface area contributed by atoms with Gasteiger partial charge in [-0.25, -0.2) is 0 Å². The molecule has 12 N–H and O–H groups in total. The zero-order valence-electron chi connectivity index (χ0n) is 3.64. The molecule has 0 aromatic rings. The van der Waals surface area contributed by atoms with Gasteiger partial charge in [-0.15, -0.1) is 0 Å². The van der Waals surface area contributed by atoms with Crippen molar-refractivity contribution < 1.29 is 27.7 Å². The van der Waals surface area contributed by atoms with E-state index >= 15 is 0 Å². The Labute approximate surface area is 53.2 Å². The Bertz CT molecular complexity index is 9.65. The van der Waals surface area contributed by atoms with E-state index in [0.717, 1.165) is 0 Å². The van der Waals surface area contributed by atoms with Gasteiger partial charge in [0, 0.05) is 0 Å². The van der Waals surface area contributed by atoms with E-state index in [1.807, 2.05) is 0 Å². The van der Waals surface area contributed by atoms with Gasteiger partial charge in [-0.05, 0) is 0 Å². The Kier molecular flexibility index (Phi) is 1400000. The molecule has 0 radical (unpaired) electrons. The summed E-state index contributed by atoms with van der Waals surface area (Å²) in [6, 6.07) is 0. The molecule has 0 amide bonds. The van der Waals surface area contributed by atoms with Crippen LogP contribution in [0.25, 0.3) is 24.6 Å². The molecule has 0 aliphatic carbocycles. The van der Waals surface area contributed by atoms with Crippen molar-refractivity contribution >= 4 is 0 Å². The van der Waals surface area contributed by atoms with E-state index in [4.69, 9.17) is 0 Å². The van der Waals surface area contributed by atoms with Crippen molar-refractivity contribution in [1.29, 1.82) is 0 Å². The minimum absolute atomic E-state index is 0. The topological polar surface area (TPSA) is 197 Å². The van der Waals surface area contributed by atoms with Crippen LogP contribution in [0.1, 0.15) is 0 Å². The maximum atomic E-state index is 0. The minimum atomic E-state index is 0. The molecule has 0 bridgehead atoms. The molecule has 0 aromatic carbocycles. The molecule has 0 atom stereocenters. The van der Waals surface area contributed by atoms with Crippen LogP contribution < -0.4 is 0 Å². The SMILES string of the molecule is O.O.[Co+3].[NH2-].[NH2-].[NH2-].[NH2-]. The molecule has 0 fully saturated rings. The van der Waals surface area contributed by atoms with Gasteiger partial charge in [-0.1, -0.05) is 0 Å². The Morgan fingerprint density at radius 1 is 0.429 bits per heavy atom. The second-order valence-corrected chi connectivity index (χ2v) is 0. The minimum Gasteiger partial charge on any atom is -0.693 e. The van der Waals surface area contributed by atoms with Gasteiger partial charge >= 0.3 is 16.8 Å². The third-order valence-corrected chi connectivity index (χ3v) is 0. The monoisotopic (exact) mass is 159 g/mol. The molecule has 54 valence electrons. The molecule has 0 saturated heterocycles. The molecule has 6 nitrogen and oxygen atoms in total. The fourth-order valence-electron chi connectivity index (χ4n) is 0. The van der Waals surface area contributed by atoms with Crippen LogP contribution in [0.15, 0.2) is 0 Å². The van der Waals surface area contributed by atoms with Crippen molar-refractivity contribution in [3.05, 3.63) is 24.6 Å². The van der Waals surface area contributed by atoms with Crippen molar-refractivity contribution in [3.8, 4) is 0 Å². The fraction of sp³-hybridized carbons (Fsp3) is 0. The summed E-state index contributed by atoms with van der Waals surface area (Å²) >= 11 is 0. The summed E-state index contributed by atoms with van der Waals surface area (Å²) in [5.74, 6) is 0. The van der Waals surface area contributed by atoms with Crippen LogP contribution in [0.4, 0.5) is 0 Å². The summed E-state index contributed by atoms with van der Waals surface area (Å²) in [5.41, 5.74) is 0. The molecule has 0 aliphatic rings. The molecule has 0 rings (SSSR count). The first-order valence-electron chi connectivity index (χ1n) is 0. The Hall–Kier alpha value is 0.266. The molecule has 0 aromatic heterocycles. The molecule has 0 unspecified atom stereocenters. The van der Waals surface area contributed by atoms with Crippen molar-refractivity contribution in [3.63, 3.8) is 0 Å². The molecular weight excluding hydrogens is 147 g/mol. The van der Waals surface area contributed by atoms with Crippen molar-refractivity contribution in [2.24, 2.45) is 0 Å². The number of hydrogen-bond donors (Lipinski definition) is 0. The van der Waals surface area contributed by atoms with Crippen molar-refractivity contribution in [2.45, 2.75) is 0 Å². The summed E-state index contributed by atoms with van der Waals surface area (Å²) in [5, 5.41) is 0. The quantitative estimate of drug-likeness (QED) is 0.489. The molecule has 0 spiro atoms. The summed E-state index contributed by atoms with van der Waals surface area (Å²) in [6.45, 7) is 0. The van der Waals surface area contributed by atoms with E-state index in [-0.39, 0.29) is 52.3 Å². The van der Waals surface area contributed by atoms with E-state index < -0.39 is 0 Å². The van der Waals surface area contributed by atoms with Crippen LogP contribution in [-0.2, 0) is 16.8 Å². The second kappa shape index (κ2) is 2450. The van der Waals surface area contributed by atoms with Crippen LogP contribution in [0.5, 0.6) is 0 Å². The van der Waals surface area contributed by atoms with E-state index in [2.05, 4.69) is 0 Å². The maximum Gasteiger partial charge on any atom is 3.00 e. The van der Waals surface area contributed by atoms with Crippen LogP contribution in [0.2, 0.25) is 0 Å².